The van der Waals surface area contributed by atoms with Crippen LogP contribution in [-0.2, 0) is 0 Å². The van der Waals surface area contributed by atoms with Crippen molar-refractivity contribution in [3.63, 3.8) is 0 Å². The van der Waals surface area contributed by atoms with Crippen molar-refractivity contribution in [2.24, 2.45) is 0 Å². The molecule has 0 saturated heterocycles. The normalized spacial score (nSPS) is 11.8. The van der Waals surface area contributed by atoms with Gasteiger partial charge in [-0.1, -0.05) is 35.9 Å². The minimum absolute atomic E-state index is 0.0420. The molecule has 0 amide bonds. The van der Waals surface area contributed by atoms with Crippen LogP contribution in [0.2, 0.25) is 5.02 Å². The van der Waals surface area contributed by atoms with E-state index in [0.717, 1.165) is 0 Å². The van der Waals surface area contributed by atoms with E-state index in [1.54, 1.807) is 37.3 Å². The average molecular weight is 433 g/mol. The van der Waals surface area contributed by atoms with Crippen molar-refractivity contribution in [1.82, 2.24) is 19.5 Å². The number of nitrogens with one attached hydrogen (secondary N) is 1. The highest BCUT2D eigenvalue weighted by Crippen LogP contribution is 2.26. The molecule has 0 bridgehead atoms. The van der Waals surface area contributed by atoms with E-state index in [1.807, 2.05) is 24.3 Å². The first-order chi connectivity index (χ1) is 14.9. The molecule has 9 nitrogen and oxygen atoms in total. The summed E-state index contributed by atoms with van der Waals surface area (Å²) in [7, 11) is 0. The van der Waals surface area contributed by atoms with Gasteiger partial charge in [-0.2, -0.15) is 15.2 Å². The maximum atomic E-state index is 13.4. The van der Waals surface area contributed by atoms with E-state index in [-0.39, 0.29) is 28.7 Å². The number of fused-ring (bicyclic) bond motifs is 1. The molecule has 10 heteroatoms. The predicted molar refractivity (Wildman–Crippen MR) is 120 cm³/mol. The summed E-state index contributed by atoms with van der Waals surface area (Å²) < 4.78 is 1.50. The van der Waals surface area contributed by atoms with Gasteiger partial charge in [0.15, 0.2) is 5.82 Å². The lowest BCUT2D eigenvalue weighted by Gasteiger charge is -2.21. The Balaban J connectivity index is 1.94. The summed E-state index contributed by atoms with van der Waals surface area (Å²) in [5, 5.41) is 13.3. The number of aromatic nitrogens is 4. The van der Waals surface area contributed by atoms with Gasteiger partial charge in [-0.25, -0.2) is 4.98 Å². The Morgan fingerprint density at radius 2 is 1.84 bits per heavy atom. The quantitative estimate of drug-likeness (QED) is 0.445. The number of rotatable bonds is 4. The van der Waals surface area contributed by atoms with Crippen LogP contribution in [0.1, 0.15) is 24.4 Å². The lowest BCUT2D eigenvalue weighted by atomic mass is 10.2. The maximum absolute atomic E-state index is 13.4. The molecule has 0 aliphatic carbocycles. The number of para-hydroxylation sites is 2. The van der Waals surface area contributed by atoms with Crippen LogP contribution in [0.5, 0.6) is 0 Å². The Kier molecular flexibility index (Phi) is 5.15. The summed E-state index contributed by atoms with van der Waals surface area (Å²) in [6.07, 6.45) is 0. The highest BCUT2D eigenvalue weighted by Gasteiger charge is 2.21. The lowest BCUT2D eigenvalue weighted by Crippen LogP contribution is -2.27. The molecule has 0 aliphatic heterocycles. The van der Waals surface area contributed by atoms with Crippen molar-refractivity contribution < 1.29 is 0 Å². The van der Waals surface area contributed by atoms with Gasteiger partial charge in [-0.3, -0.25) is 9.36 Å². The third-order valence-electron chi connectivity index (χ3n) is 4.70. The van der Waals surface area contributed by atoms with Crippen molar-refractivity contribution >= 4 is 40.1 Å². The average Bonchev–Trinajstić information content (AvgIpc) is 2.74. The van der Waals surface area contributed by atoms with Crippen molar-refractivity contribution in [3.8, 4) is 11.8 Å². The van der Waals surface area contributed by atoms with Crippen LogP contribution in [-0.4, -0.2) is 19.5 Å². The van der Waals surface area contributed by atoms with Gasteiger partial charge in [0.1, 0.15) is 23.3 Å². The third-order valence-corrected chi connectivity index (χ3v) is 5.00. The minimum atomic E-state index is -0.575. The molecule has 0 saturated carbocycles. The van der Waals surface area contributed by atoms with Crippen LogP contribution >= 0.6 is 11.6 Å². The Hall–Kier alpha value is -4.16. The second-order valence-corrected chi connectivity index (χ2v) is 7.16. The summed E-state index contributed by atoms with van der Waals surface area (Å²) in [5.41, 5.74) is 12.3. The molecule has 2 aromatic heterocycles. The van der Waals surface area contributed by atoms with Crippen LogP contribution in [0.3, 0.4) is 0 Å². The number of nitrogens with zero attached hydrogens (tertiary/aromatic N) is 5. The zero-order chi connectivity index (χ0) is 22.1. The van der Waals surface area contributed by atoms with E-state index in [1.165, 1.54) is 4.57 Å². The van der Waals surface area contributed by atoms with Gasteiger partial charge in [0.25, 0.3) is 5.56 Å². The molecule has 154 valence electrons. The van der Waals surface area contributed by atoms with Crippen molar-refractivity contribution in [3.05, 3.63) is 75.3 Å². The highest BCUT2D eigenvalue weighted by molar-refractivity contribution is 6.35. The second kappa shape index (κ2) is 7.93. The van der Waals surface area contributed by atoms with Crippen LogP contribution in [0.25, 0.3) is 16.6 Å². The van der Waals surface area contributed by atoms with Crippen LogP contribution in [0.15, 0.2) is 53.3 Å². The molecule has 1 atom stereocenters. The molecule has 0 radical (unpaired) electrons. The van der Waals surface area contributed by atoms with Crippen molar-refractivity contribution in [1.29, 1.82) is 5.26 Å². The second-order valence-electron chi connectivity index (χ2n) is 6.75. The number of benzene rings is 2. The number of hydrogen-bond donors (Lipinski definition) is 3. The first-order valence-electron chi connectivity index (χ1n) is 9.27. The molecule has 0 fully saturated rings. The zero-order valence-electron chi connectivity index (χ0n) is 16.4. The summed E-state index contributed by atoms with van der Waals surface area (Å²) in [6, 6.07) is 15.6. The predicted octanol–water partition coefficient (Wildman–Crippen LogP) is 3.04. The molecule has 1 unspecified atom stereocenters. The van der Waals surface area contributed by atoms with Gasteiger partial charge in [0.05, 0.1) is 27.7 Å². The number of anilines is 3. The summed E-state index contributed by atoms with van der Waals surface area (Å²) in [5.74, 6) is 0.394. The van der Waals surface area contributed by atoms with E-state index < -0.39 is 6.04 Å². The van der Waals surface area contributed by atoms with Crippen LogP contribution < -0.4 is 22.3 Å². The Bertz CT molecular complexity index is 1390. The fraction of sp³-hybridized carbons (Fsp3) is 0.0952. The monoisotopic (exact) mass is 432 g/mol. The maximum Gasteiger partial charge on any atom is 0.266 e. The first kappa shape index (κ1) is 20.1. The highest BCUT2D eigenvalue weighted by atomic mass is 35.5. The number of hydrogen-bond acceptors (Lipinski definition) is 8. The zero-order valence-corrected chi connectivity index (χ0v) is 17.1. The van der Waals surface area contributed by atoms with Gasteiger partial charge < -0.3 is 16.8 Å². The van der Waals surface area contributed by atoms with E-state index in [9.17, 15) is 10.1 Å². The fourth-order valence-corrected chi connectivity index (χ4v) is 3.50. The molecule has 4 rings (SSSR count). The van der Waals surface area contributed by atoms with Crippen molar-refractivity contribution in [2.45, 2.75) is 13.0 Å². The number of nitrogen functional groups attached to an aromatic ring is 2. The van der Waals surface area contributed by atoms with Crippen LogP contribution in [0, 0.1) is 11.3 Å². The van der Waals surface area contributed by atoms with E-state index in [0.29, 0.717) is 27.4 Å². The molecule has 31 heavy (non-hydrogen) atoms. The Morgan fingerprint density at radius 1 is 1.10 bits per heavy atom. The SMILES string of the molecule is CC(Nc1nc(N)nc(N)c1C#N)c1nc2c(Cl)cccc2c(=O)n1-c1ccccc1. The van der Waals surface area contributed by atoms with Gasteiger partial charge in [-0.15, -0.1) is 0 Å². The van der Waals surface area contributed by atoms with E-state index in [4.69, 9.17) is 23.1 Å². The van der Waals surface area contributed by atoms with E-state index in [2.05, 4.69) is 20.3 Å². The molecule has 0 aliphatic rings. The molecule has 2 heterocycles. The minimum Gasteiger partial charge on any atom is -0.382 e. The molecular formula is C21H17ClN8O. The van der Waals surface area contributed by atoms with Gasteiger partial charge in [0.2, 0.25) is 5.95 Å². The van der Waals surface area contributed by atoms with Gasteiger partial charge in [-0.05, 0) is 31.2 Å². The molecule has 2 aromatic carbocycles. The lowest BCUT2D eigenvalue weighted by molar-refractivity contribution is 0.731. The number of nitrogens with two attached hydrogens (primary N) is 2. The molecular weight excluding hydrogens is 416 g/mol. The number of halogens is 1. The fourth-order valence-electron chi connectivity index (χ4n) is 3.29. The molecule has 4 aromatic rings. The summed E-state index contributed by atoms with van der Waals surface area (Å²) >= 11 is 6.33. The number of nitriles is 1. The Morgan fingerprint density at radius 3 is 2.55 bits per heavy atom. The summed E-state index contributed by atoms with van der Waals surface area (Å²) in [6.45, 7) is 1.78. The van der Waals surface area contributed by atoms with E-state index >= 15 is 0 Å². The first-order valence-corrected chi connectivity index (χ1v) is 9.64. The summed E-state index contributed by atoms with van der Waals surface area (Å²) in [4.78, 5) is 26.0. The standard InChI is InChI=1S/C21H17ClN8O/c1-11(26-18-14(10-23)17(24)28-21(25)29-18)19-27-16-13(8-5-9-15(16)22)20(31)30(19)12-6-3-2-4-7-12/h2-9,11H,1H3,(H5,24,25,26,28,29). The molecule has 5 N–H and O–H groups in total. The van der Waals surface area contributed by atoms with Crippen molar-refractivity contribution in [2.75, 3.05) is 16.8 Å². The third kappa shape index (κ3) is 3.60. The topological polar surface area (TPSA) is 149 Å². The largest absolute Gasteiger partial charge is 0.382 e. The van der Waals surface area contributed by atoms with Crippen LogP contribution in [0.4, 0.5) is 17.6 Å². The van der Waals surface area contributed by atoms with Gasteiger partial charge in [0, 0.05) is 0 Å². The smallest absolute Gasteiger partial charge is 0.266 e. The van der Waals surface area contributed by atoms with Gasteiger partial charge >= 0.3 is 0 Å². The Labute approximate surface area is 181 Å². The molecule has 0 spiro atoms.